The maximum atomic E-state index is 10.5. The zero-order valence-corrected chi connectivity index (χ0v) is 8.23. The number of hydrogen-bond donors (Lipinski definition) is 2. The summed E-state index contributed by atoms with van der Waals surface area (Å²) in [6, 6.07) is 4.46. The second-order valence-corrected chi connectivity index (χ2v) is 2.72. The van der Waals surface area contributed by atoms with Crippen molar-refractivity contribution in [3.8, 4) is 0 Å². The van der Waals surface area contributed by atoms with Crippen molar-refractivity contribution in [2.75, 3.05) is 0 Å². The normalized spacial score (nSPS) is 9.08. The fraction of sp³-hybridized carbons (Fsp3) is 0.125. The Bertz CT molecular complexity index is 315. The summed E-state index contributed by atoms with van der Waals surface area (Å²) < 4.78 is 0. The molecule has 1 rings (SSSR count). The molecule has 0 spiro atoms. The van der Waals surface area contributed by atoms with Crippen LogP contribution in [0.3, 0.4) is 0 Å². The van der Waals surface area contributed by atoms with Gasteiger partial charge in [-0.05, 0) is 23.8 Å². The number of carboxylic acid groups (broad SMARTS) is 1. The number of carboxylic acids is 1. The highest BCUT2D eigenvalue weighted by Crippen LogP contribution is 2.16. The van der Waals surface area contributed by atoms with E-state index in [1.165, 1.54) is 18.2 Å². The van der Waals surface area contributed by atoms with E-state index in [9.17, 15) is 4.79 Å². The fourth-order valence-corrected chi connectivity index (χ4v) is 1.06. The molecule has 0 aliphatic carbocycles. The molecule has 3 nitrogen and oxygen atoms in total. The second-order valence-electron chi connectivity index (χ2n) is 2.32. The Balaban J connectivity index is 0.00000144. The van der Waals surface area contributed by atoms with Crippen LogP contribution in [0.4, 0.5) is 0 Å². The van der Waals surface area contributed by atoms with Crippen LogP contribution in [0.15, 0.2) is 18.2 Å². The third kappa shape index (κ3) is 2.88. The molecule has 0 aromatic heterocycles. The standard InChI is InChI=1S/C8H8ClNO2.ClH/c9-7-2-1-5(8(11)12)3-6(7)4-10;/h1-3H,4,10H2,(H,11,12);1H. The molecule has 0 bridgehead atoms. The number of aromatic carboxylic acids is 1. The summed E-state index contributed by atoms with van der Waals surface area (Å²) in [5.74, 6) is -0.971. The summed E-state index contributed by atoms with van der Waals surface area (Å²) in [7, 11) is 0. The van der Waals surface area contributed by atoms with Gasteiger partial charge in [-0.1, -0.05) is 11.6 Å². The largest absolute Gasteiger partial charge is 0.478 e. The van der Waals surface area contributed by atoms with Gasteiger partial charge in [-0.3, -0.25) is 0 Å². The molecule has 0 unspecified atom stereocenters. The maximum Gasteiger partial charge on any atom is 0.335 e. The van der Waals surface area contributed by atoms with Gasteiger partial charge < -0.3 is 10.8 Å². The molecular weight excluding hydrogens is 213 g/mol. The van der Waals surface area contributed by atoms with E-state index >= 15 is 0 Å². The smallest absolute Gasteiger partial charge is 0.335 e. The molecule has 0 amide bonds. The molecule has 0 saturated heterocycles. The predicted molar refractivity (Wildman–Crippen MR) is 53.6 cm³/mol. The highest BCUT2D eigenvalue weighted by molar-refractivity contribution is 6.31. The lowest BCUT2D eigenvalue weighted by Crippen LogP contribution is -2.01. The van der Waals surface area contributed by atoms with E-state index in [0.29, 0.717) is 10.6 Å². The molecule has 1 aromatic rings. The summed E-state index contributed by atoms with van der Waals surface area (Å²) in [5.41, 5.74) is 6.20. The van der Waals surface area contributed by atoms with Gasteiger partial charge in [-0.2, -0.15) is 0 Å². The van der Waals surface area contributed by atoms with Gasteiger partial charge in [0.2, 0.25) is 0 Å². The molecule has 0 radical (unpaired) electrons. The van der Waals surface area contributed by atoms with Crippen LogP contribution < -0.4 is 5.73 Å². The van der Waals surface area contributed by atoms with Gasteiger partial charge in [0, 0.05) is 11.6 Å². The Morgan fingerprint density at radius 3 is 2.62 bits per heavy atom. The minimum atomic E-state index is -0.971. The summed E-state index contributed by atoms with van der Waals surface area (Å²) in [6.45, 7) is 0.250. The minimum absolute atomic E-state index is 0. The molecule has 0 saturated carbocycles. The van der Waals surface area contributed by atoms with Crippen LogP contribution in [-0.4, -0.2) is 11.1 Å². The topological polar surface area (TPSA) is 63.3 Å². The van der Waals surface area contributed by atoms with Crippen LogP contribution in [0.2, 0.25) is 5.02 Å². The maximum absolute atomic E-state index is 10.5. The first-order valence-corrected chi connectivity index (χ1v) is 3.74. The highest BCUT2D eigenvalue weighted by Gasteiger charge is 2.05. The van der Waals surface area contributed by atoms with Crippen molar-refractivity contribution in [2.45, 2.75) is 6.54 Å². The number of carbonyl (C=O) groups is 1. The number of hydrogen-bond acceptors (Lipinski definition) is 2. The highest BCUT2D eigenvalue weighted by atomic mass is 35.5. The van der Waals surface area contributed by atoms with E-state index in [2.05, 4.69) is 0 Å². The lowest BCUT2D eigenvalue weighted by atomic mass is 10.1. The van der Waals surface area contributed by atoms with Crippen LogP contribution in [-0.2, 0) is 6.54 Å². The Hall–Kier alpha value is -0.770. The molecular formula is C8H9Cl2NO2. The minimum Gasteiger partial charge on any atom is -0.478 e. The molecule has 13 heavy (non-hydrogen) atoms. The zero-order chi connectivity index (χ0) is 9.14. The van der Waals surface area contributed by atoms with E-state index in [4.69, 9.17) is 22.4 Å². The number of halogens is 2. The molecule has 0 aliphatic heterocycles. The first kappa shape index (κ1) is 12.2. The average Bonchev–Trinajstić information content (AvgIpc) is 2.05. The van der Waals surface area contributed by atoms with Gasteiger partial charge in [-0.15, -0.1) is 12.4 Å². The van der Waals surface area contributed by atoms with Gasteiger partial charge in [0.25, 0.3) is 0 Å². The van der Waals surface area contributed by atoms with Gasteiger partial charge in [0.1, 0.15) is 0 Å². The van der Waals surface area contributed by atoms with Crippen LogP contribution in [0.25, 0.3) is 0 Å². The van der Waals surface area contributed by atoms with Crippen molar-refractivity contribution in [1.29, 1.82) is 0 Å². The van der Waals surface area contributed by atoms with E-state index in [0.717, 1.165) is 0 Å². The molecule has 0 atom stereocenters. The predicted octanol–water partition coefficient (Wildman–Crippen LogP) is 1.92. The lowest BCUT2D eigenvalue weighted by Gasteiger charge is -2.01. The first-order chi connectivity index (χ1) is 5.65. The van der Waals surface area contributed by atoms with Gasteiger partial charge >= 0.3 is 5.97 Å². The van der Waals surface area contributed by atoms with Gasteiger partial charge in [0.15, 0.2) is 0 Å². The van der Waals surface area contributed by atoms with E-state index < -0.39 is 5.97 Å². The quantitative estimate of drug-likeness (QED) is 0.803. The molecule has 0 aliphatic rings. The Kier molecular flexibility index (Phi) is 4.77. The summed E-state index contributed by atoms with van der Waals surface area (Å²) in [6.07, 6.45) is 0. The summed E-state index contributed by atoms with van der Waals surface area (Å²) in [4.78, 5) is 10.5. The van der Waals surface area contributed by atoms with Crippen LogP contribution in [0.1, 0.15) is 15.9 Å². The Labute approximate surface area is 86.9 Å². The SMILES string of the molecule is Cl.NCc1cc(C(=O)O)ccc1Cl. The Morgan fingerprint density at radius 1 is 1.54 bits per heavy atom. The molecule has 0 heterocycles. The van der Waals surface area contributed by atoms with Crippen molar-refractivity contribution >= 4 is 30.0 Å². The van der Waals surface area contributed by atoms with Crippen LogP contribution in [0, 0.1) is 0 Å². The van der Waals surface area contributed by atoms with E-state index in [-0.39, 0.29) is 24.5 Å². The molecule has 5 heteroatoms. The lowest BCUT2D eigenvalue weighted by molar-refractivity contribution is 0.0697. The number of nitrogens with two attached hydrogens (primary N) is 1. The van der Waals surface area contributed by atoms with Crippen LogP contribution >= 0.6 is 24.0 Å². The third-order valence-corrected chi connectivity index (χ3v) is 1.88. The summed E-state index contributed by atoms with van der Waals surface area (Å²) >= 11 is 5.73. The van der Waals surface area contributed by atoms with Crippen molar-refractivity contribution in [2.24, 2.45) is 5.73 Å². The second kappa shape index (κ2) is 5.07. The third-order valence-electron chi connectivity index (χ3n) is 1.51. The summed E-state index contributed by atoms with van der Waals surface area (Å²) in [5, 5.41) is 9.11. The van der Waals surface area contributed by atoms with Crippen molar-refractivity contribution < 1.29 is 9.90 Å². The molecule has 1 aromatic carbocycles. The van der Waals surface area contributed by atoms with Crippen molar-refractivity contribution in [3.63, 3.8) is 0 Å². The average molecular weight is 222 g/mol. The number of benzene rings is 1. The van der Waals surface area contributed by atoms with Gasteiger partial charge in [-0.25, -0.2) is 4.79 Å². The van der Waals surface area contributed by atoms with E-state index in [1.54, 1.807) is 0 Å². The first-order valence-electron chi connectivity index (χ1n) is 3.37. The molecule has 72 valence electrons. The number of rotatable bonds is 2. The molecule has 3 N–H and O–H groups in total. The van der Waals surface area contributed by atoms with Gasteiger partial charge in [0.05, 0.1) is 5.56 Å². The van der Waals surface area contributed by atoms with Crippen LogP contribution in [0.5, 0.6) is 0 Å². The molecule has 0 fully saturated rings. The fourth-order valence-electron chi connectivity index (χ4n) is 0.864. The van der Waals surface area contributed by atoms with Crippen molar-refractivity contribution in [3.05, 3.63) is 34.3 Å². The Morgan fingerprint density at radius 2 is 2.15 bits per heavy atom. The van der Waals surface area contributed by atoms with Crippen molar-refractivity contribution in [1.82, 2.24) is 0 Å². The monoisotopic (exact) mass is 221 g/mol. The van der Waals surface area contributed by atoms with E-state index in [1.807, 2.05) is 0 Å². The zero-order valence-electron chi connectivity index (χ0n) is 6.66.